The topological polar surface area (TPSA) is 35.7 Å². The molecule has 0 radical (unpaired) electrons. The summed E-state index contributed by atoms with van der Waals surface area (Å²) in [4.78, 5) is 2.16. The lowest BCUT2D eigenvalue weighted by atomic mass is 10.2. The summed E-state index contributed by atoms with van der Waals surface area (Å²) in [5.74, 6) is 0.607. The highest BCUT2D eigenvalue weighted by atomic mass is 19.1. The van der Waals surface area contributed by atoms with Gasteiger partial charge in [-0.2, -0.15) is 4.58 Å². The molecule has 0 spiro atoms. The number of halogens is 1. The average Bonchev–Trinajstić information content (AvgIpc) is 3.10. The number of ether oxygens (including phenoxy) is 1. The summed E-state index contributed by atoms with van der Waals surface area (Å²) in [5, 5.41) is 11.2. The van der Waals surface area contributed by atoms with Crippen molar-refractivity contribution >= 4 is 11.8 Å². The molecule has 0 amide bonds. The van der Waals surface area contributed by atoms with Gasteiger partial charge in [-0.1, -0.05) is 19.1 Å². The van der Waals surface area contributed by atoms with Crippen molar-refractivity contribution in [3.8, 4) is 5.75 Å². The summed E-state index contributed by atoms with van der Waals surface area (Å²) in [5.41, 5.74) is 0.978. The molecule has 4 nitrogen and oxygen atoms in total. The molecule has 142 valence electrons. The zero-order valence-electron chi connectivity index (χ0n) is 15.6. The van der Waals surface area contributed by atoms with Crippen molar-refractivity contribution in [1.82, 2.24) is 9.48 Å². The van der Waals surface area contributed by atoms with Crippen LogP contribution >= 0.6 is 0 Å². The van der Waals surface area contributed by atoms with Crippen LogP contribution in [0.4, 0.5) is 10.1 Å². The van der Waals surface area contributed by atoms with Gasteiger partial charge in [-0.05, 0) is 36.9 Å². The van der Waals surface area contributed by atoms with Gasteiger partial charge < -0.3 is 9.84 Å². The van der Waals surface area contributed by atoms with Crippen molar-refractivity contribution in [1.29, 1.82) is 0 Å². The molecular formula is C22H26FN2O2+. The number of nitrogens with zero attached hydrogens (tertiary/aromatic N) is 2. The average molecular weight is 369 g/mol. The van der Waals surface area contributed by atoms with Crippen LogP contribution in [0.15, 0.2) is 54.6 Å². The number of aliphatic hydroxyl groups excluding tert-OH is 1. The second-order valence-electron chi connectivity index (χ2n) is 6.41. The number of hydrogen-bond acceptors (Lipinski definition) is 3. The molecule has 0 aliphatic carbocycles. The fourth-order valence-corrected chi connectivity index (χ4v) is 3.14. The molecule has 27 heavy (non-hydrogen) atoms. The predicted octanol–water partition coefficient (Wildman–Crippen LogP) is 1.69. The minimum absolute atomic E-state index is 0.179. The van der Waals surface area contributed by atoms with E-state index in [-0.39, 0.29) is 12.4 Å². The van der Waals surface area contributed by atoms with Gasteiger partial charge in [0, 0.05) is 31.3 Å². The largest absolute Gasteiger partial charge is 0.490 e. The lowest BCUT2D eigenvalue weighted by Gasteiger charge is -2.16. The zero-order valence-corrected chi connectivity index (χ0v) is 15.6. The smallest absolute Gasteiger partial charge is 0.213 e. The van der Waals surface area contributed by atoms with Crippen molar-refractivity contribution < 1.29 is 14.2 Å². The van der Waals surface area contributed by atoms with Crippen molar-refractivity contribution in [2.45, 2.75) is 6.92 Å². The fourth-order valence-electron chi connectivity index (χ4n) is 3.14. The van der Waals surface area contributed by atoms with E-state index in [4.69, 9.17) is 9.84 Å². The molecule has 5 heteroatoms. The first-order chi connectivity index (χ1) is 13.2. The molecule has 0 aromatic heterocycles. The van der Waals surface area contributed by atoms with Crippen LogP contribution in [0, 0.1) is 5.82 Å². The van der Waals surface area contributed by atoms with E-state index < -0.39 is 0 Å². The van der Waals surface area contributed by atoms with E-state index in [1.807, 2.05) is 24.3 Å². The van der Waals surface area contributed by atoms with Crippen LogP contribution in [0.1, 0.15) is 6.92 Å². The summed E-state index contributed by atoms with van der Waals surface area (Å²) >= 11 is 0. The molecule has 0 fully saturated rings. The lowest BCUT2D eigenvalue weighted by Crippen LogP contribution is -2.30. The van der Waals surface area contributed by atoms with E-state index in [1.54, 1.807) is 12.1 Å². The van der Waals surface area contributed by atoms with Gasteiger partial charge in [0.25, 0.3) is 0 Å². The van der Waals surface area contributed by atoms with Gasteiger partial charge in [0.05, 0.1) is 11.8 Å². The Bertz CT molecular complexity index is 907. The van der Waals surface area contributed by atoms with E-state index >= 15 is 0 Å². The standard InChI is InChI=1S/C22H26FN2O2/c1-2-24(14-15-26)12-3-4-16-27-21-9-10-22-18(17-21)11-13-25(22)20-7-5-19(23)6-8-20/h3-11,17,26H,2,12-16H2,1H3/q+1/b4-3+. The Morgan fingerprint density at radius 2 is 2.00 bits per heavy atom. The summed E-state index contributed by atoms with van der Waals surface area (Å²) in [7, 11) is 0. The Balaban J connectivity index is 1.63. The normalized spacial score (nSPS) is 13.3. The molecule has 0 atom stereocenters. The summed E-state index contributed by atoms with van der Waals surface area (Å²) in [6.07, 6.45) is 6.21. The Morgan fingerprint density at radius 1 is 1.19 bits per heavy atom. The highest BCUT2D eigenvalue weighted by Crippen LogP contribution is 2.11. The molecule has 2 aromatic rings. The Labute approximate surface area is 159 Å². The predicted molar refractivity (Wildman–Crippen MR) is 106 cm³/mol. The van der Waals surface area contributed by atoms with Gasteiger partial charge in [-0.15, -0.1) is 0 Å². The second-order valence-corrected chi connectivity index (χ2v) is 6.41. The minimum atomic E-state index is -0.225. The Kier molecular flexibility index (Phi) is 6.74. The lowest BCUT2D eigenvalue weighted by molar-refractivity contribution is 0.214. The molecule has 1 aliphatic heterocycles. The van der Waals surface area contributed by atoms with Gasteiger partial charge in [0.15, 0.2) is 6.54 Å². The van der Waals surface area contributed by atoms with Crippen molar-refractivity contribution in [3.05, 3.63) is 71.0 Å². The van der Waals surface area contributed by atoms with Crippen molar-refractivity contribution in [2.24, 2.45) is 0 Å². The molecular weight excluding hydrogens is 343 g/mol. The van der Waals surface area contributed by atoms with Crippen LogP contribution < -0.4 is 19.9 Å². The van der Waals surface area contributed by atoms with Crippen molar-refractivity contribution in [2.75, 3.05) is 39.4 Å². The minimum Gasteiger partial charge on any atom is -0.490 e. The highest BCUT2D eigenvalue weighted by Gasteiger charge is 2.15. The van der Waals surface area contributed by atoms with E-state index in [2.05, 4.69) is 28.6 Å². The number of rotatable bonds is 9. The van der Waals surface area contributed by atoms with E-state index in [9.17, 15) is 4.39 Å². The number of fused-ring (bicyclic) bond motifs is 1. The Hall–Kier alpha value is -2.50. The molecule has 0 unspecified atom stereocenters. The maximum absolute atomic E-state index is 13.1. The molecule has 0 saturated heterocycles. The second kappa shape index (κ2) is 9.44. The van der Waals surface area contributed by atoms with Gasteiger partial charge in [-0.3, -0.25) is 4.90 Å². The third-order valence-electron chi connectivity index (χ3n) is 4.66. The molecule has 0 saturated carbocycles. The van der Waals surface area contributed by atoms with Gasteiger partial charge in [0.1, 0.15) is 18.2 Å². The first-order valence-electron chi connectivity index (χ1n) is 9.32. The summed E-state index contributed by atoms with van der Waals surface area (Å²) < 4.78 is 21.1. The van der Waals surface area contributed by atoms with Crippen LogP contribution in [0.3, 0.4) is 0 Å². The first kappa shape index (κ1) is 19.3. The van der Waals surface area contributed by atoms with Gasteiger partial charge >= 0.3 is 0 Å². The van der Waals surface area contributed by atoms with E-state index in [1.165, 1.54) is 12.1 Å². The molecule has 0 bridgehead atoms. The highest BCUT2D eigenvalue weighted by molar-refractivity contribution is 5.45. The quantitative estimate of drug-likeness (QED) is 0.540. The molecule has 1 aliphatic rings. The molecule has 1 N–H and O–H groups in total. The number of benzene rings is 2. The van der Waals surface area contributed by atoms with Gasteiger partial charge in [-0.25, -0.2) is 4.39 Å². The third kappa shape index (κ3) is 5.02. The van der Waals surface area contributed by atoms with Crippen LogP contribution in [-0.4, -0.2) is 49.4 Å². The molecule has 3 rings (SSSR count). The van der Waals surface area contributed by atoms with Gasteiger partial charge in [0.2, 0.25) is 11.0 Å². The van der Waals surface area contributed by atoms with Crippen LogP contribution in [0.5, 0.6) is 5.75 Å². The maximum Gasteiger partial charge on any atom is 0.213 e. The number of likely N-dealkylation sites (N-methyl/N-ethyl adjacent to an activating group) is 1. The molecule has 1 heterocycles. The SMILES string of the molecule is CCN(C/C=C/COc1ccc2c(c1)=CC[N+]=2c1ccc(F)cc1)CCO. The molecule has 2 aromatic carbocycles. The van der Waals surface area contributed by atoms with Crippen molar-refractivity contribution in [3.63, 3.8) is 0 Å². The van der Waals surface area contributed by atoms with E-state index in [0.29, 0.717) is 13.2 Å². The van der Waals surface area contributed by atoms with E-state index in [0.717, 1.165) is 41.6 Å². The fraction of sp³-hybridized carbons (Fsp3) is 0.318. The Morgan fingerprint density at radius 3 is 2.74 bits per heavy atom. The maximum atomic E-state index is 13.1. The zero-order chi connectivity index (χ0) is 19.1. The number of hydrogen-bond donors (Lipinski definition) is 1. The van der Waals surface area contributed by atoms with Crippen LogP contribution in [-0.2, 0) is 0 Å². The summed E-state index contributed by atoms with van der Waals surface area (Å²) in [6.45, 7) is 5.95. The van der Waals surface area contributed by atoms with Crippen LogP contribution in [0.25, 0.3) is 6.08 Å². The number of aliphatic hydroxyl groups is 1. The monoisotopic (exact) mass is 369 g/mol. The summed E-state index contributed by atoms with van der Waals surface area (Å²) in [6, 6.07) is 12.6. The van der Waals surface area contributed by atoms with Crippen LogP contribution in [0.2, 0.25) is 0 Å². The third-order valence-corrected chi connectivity index (χ3v) is 4.66. The first-order valence-corrected chi connectivity index (χ1v) is 9.32.